The summed E-state index contributed by atoms with van der Waals surface area (Å²) < 4.78 is 5.57. The zero-order valence-electron chi connectivity index (χ0n) is 9.29. The molecule has 0 saturated heterocycles. The fourth-order valence-electron chi connectivity index (χ4n) is 1.63. The number of hydrogen-bond donors (Lipinski definition) is 1. The molecule has 0 bridgehead atoms. The first-order valence-electron chi connectivity index (χ1n) is 5.01. The molecule has 78 valence electrons. The summed E-state index contributed by atoms with van der Waals surface area (Å²) in [4.78, 5) is 0. The Morgan fingerprint density at radius 1 is 1.00 bits per heavy atom. The highest BCUT2D eigenvalue weighted by Crippen LogP contribution is 2.29. The lowest BCUT2D eigenvalue weighted by Gasteiger charge is -2.07. The first kappa shape index (κ1) is 9.84. The van der Waals surface area contributed by atoms with E-state index in [1.54, 1.807) is 0 Å². The molecular weight excluding hydrogens is 186 g/mol. The van der Waals surface area contributed by atoms with E-state index in [4.69, 9.17) is 10.2 Å². The van der Waals surface area contributed by atoms with Crippen LogP contribution in [0.15, 0.2) is 28.7 Å². The highest BCUT2D eigenvalue weighted by atomic mass is 16.3. The predicted molar refractivity (Wildman–Crippen MR) is 62.8 cm³/mol. The van der Waals surface area contributed by atoms with Crippen LogP contribution in [0, 0.1) is 20.8 Å². The third kappa shape index (κ3) is 1.75. The molecule has 0 unspecified atom stereocenters. The van der Waals surface area contributed by atoms with Gasteiger partial charge >= 0.3 is 0 Å². The fraction of sp³-hybridized carbons (Fsp3) is 0.231. The van der Waals surface area contributed by atoms with Crippen molar-refractivity contribution in [2.24, 2.45) is 0 Å². The highest BCUT2D eigenvalue weighted by Gasteiger charge is 2.08. The minimum Gasteiger partial charge on any atom is -0.461 e. The van der Waals surface area contributed by atoms with Gasteiger partial charge in [0.05, 0.1) is 0 Å². The van der Waals surface area contributed by atoms with Crippen molar-refractivity contribution < 1.29 is 4.42 Å². The first-order valence-corrected chi connectivity index (χ1v) is 5.01. The molecule has 2 nitrogen and oxygen atoms in total. The zero-order chi connectivity index (χ0) is 11.0. The summed E-state index contributed by atoms with van der Waals surface area (Å²) in [7, 11) is 0. The minimum atomic E-state index is 0.771. The van der Waals surface area contributed by atoms with Crippen LogP contribution in [0.1, 0.15) is 16.9 Å². The summed E-state index contributed by atoms with van der Waals surface area (Å²) in [5.41, 5.74) is 10.2. The molecule has 2 heteroatoms. The number of hydrogen-bond acceptors (Lipinski definition) is 2. The van der Waals surface area contributed by atoms with E-state index in [-0.39, 0.29) is 0 Å². The molecule has 0 aliphatic heterocycles. The van der Waals surface area contributed by atoms with Crippen LogP contribution >= 0.6 is 0 Å². The Bertz CT molecular complexity index is 497. The molecule has 0 radical (unpaired) electrons. The van der Waals surface area contributed by atoms with Gasteiger partial charge in [0.2, 0.25) is 0 Å². The van der Waals surface area contributed by atoms with E-state index >= 15 is 0 Å². The molecule has 0 amide bonds. The second-order valence-corrected chi connectivity index (χ2v) is 3.93. The number of nitrogen functional groups attached to an aromatic ring is 1. The van der Waals surface area contributed by atoms with Crippen LogP contribution in [-0.2, 0) is 0 Å². The van der Waals surface area contributed by atoms with E-state index in [1.807, 2.05) is 25.1 Å². The van der Waals surface area contributed by atoms with Crippen LogP contribution in [0.4, 0.5) is 5.69 Å². The fourth-order valence-corrected chi connectivity index (χ4v) is 1.63. The number of aryl methyl sites for hydroxylation is 3. The topological polar surface area (TPSA) is 39.2 Å². The van der Waals surface area contributed by atoms with Crippen molar-refractivity contribution in [1.29, 1.82) is 0 Å². The van der Waals surface area contributed by atoms with Crippen molar-refractivity contribution in [2.45, 2.75) is 20.8 Å². The summed E-state index contributed by atoms with van der Waals surface area (Å²) in [6.45, 7) is 6.07. The Morgan fingerprint density at radius 2 is 1.67 bits per heavy atom. The number of anilines is 1. The van der Waals surface area contributed by atoms with Crippen molar-refractivity contribution in [3.05, 3.63) is 41.2 Å². The summed E-state index contributed by atoms with van der Waals surface area (Å²) in [5.74, 6) is 1.75. The van der Waals surface area contributed by atoms with Gasteiger partial charge in [-0.25, -0.2) is 0 Å². The molecule has 2 rings (SSSR count). The summed E-state index contributed by atoms with van der Waals surface area (Å²) >= 11 is 0. The van der Waals surface area contributed by atoms with Gasteiger partial charge in [0.15, 0.2) is 0 Å². The van der Waals surface area contributed by atoms with Gasteiger partial charge in [0.25, 0.3) is 0 Å². The highest BCUT2D eigenvalue weighted by molar-refractivity contribution is 5.74. The van der Waals surface area contributed by atoms with Crippen LogP contribution in [0.3, 0.4) is 0 Å². The maximum absolute atomic E-state index is 5.97. The normalized spacial score (nSPS) is 10.6. The molecule has 1 aromatic heterocycles. The van der Waals surface area contributed by atoms with Crippen LogP contribution < -0.4 is 5.73 Å². The van der Waals surface area contributed by atoms with Crippen LogP contribution in [0.5, 0.6) is 0 Å². The van der Waals surface area contributed by atoms with Crippen LogP contribution in [0.25, 0.3) is 11.3 Å². The zero-order valence-corrected chi connectivity index (χ0v) is 9.29. The third-order valence-electron chi connectivity index (χ3n) is 2.67. The number of rotatable bonds is 1. The van der Waals surface area contributed by atoms with Crippen molar-refractivity contribution in [3.63, 3.8) is 0 Å². The van der Waals surface area contributed by atoms with Crippen molar-refractivity contribution in [1.82, 2.24) is 0 Å². The Labute approximate surface area is 89.7 Å². The van der Waals surface area contributed by atoms with Gasteiger partial charge in [-0.3, -0.25) is 0 Å². The average Bonchev–Trinajstić information content (AvgIpc) is 2.58. The van der Waals surface area contributed by atoms with Gasteiger partial charge in [0, 0.05) is 11.3 Å². The molecule has 2 aromatic rings. The second kappa shape index (κ2) is 3.46. The van der Waals surface area contributed by atoms with Crippen LogP contribution in [0.2, 0.25) is 0 Å². The molecule has 1 heterocycles. The lowest BCUT2D eigenvalue weighted by Crippen LogP contribution is -1.92. The molecule has 15 heavy (non-hydrogen) atoms. The average molecular weight is 201 g/mol. The molecule has 0 fully saturated rings. The molecule has 0 atom stereocenters. The lowest BCUT2D eigenvalue weighted by atomic mass is 10.0. The number of benzene rings is 1. The van der Waals surface area contributed by atoms with Gasteiger partial charge in [-0.2, -0.15) is 0 Å². The Morgan fingerprint density at radius 3 is 2.27 bits per heavy atom. The lowest BCUT2D eigenvalue weighted by molar-refractivity contribution is 0.548. The van der Waals surface area contributed by atoms with Gasteiger partial charge in [-0.05, 0) is 56.2 Å². The summed E-state index contributed by atoms with van der Waals surface area (Å²) in [6, 6.07) is 7.96. The van der Waals surface area contributed by atoms with E-state index in [9.17, 15) is 0 Å². The summed E-state index contributed by atoms with van der Waals surface area (Å²) in [6.07, 6.45) is 0. The Hall–Kier alpha value is -1.70. The predicted octanol–water partition coefficient (Wildman–Crippen LogP) is 3.45. The molecule has 0 aliphatic rings. The van der Waals surface area contributed by atoms with Crippen molar-refractivity contribution >= 4 is 5.69 Å². The molecule has 0 aliphatic carbocycles. The van der Waals surface area contributed by atoms with Gasteiger partial charge in [-0.1, -0.05) is 0 Å². The van der Waals surface area contributed by atoms with Crippen molar-refractivity contribution in [2.75, 3.05) is 5.73 Å². The smallest absolute Gasteiger partial charge is 0.136 e. The number of furan rings is 1. The molecule has 2 N–H and O–H groups in total. The van der Waals surface area contributed by atoms with Gasteiger partial charge in [0.1, 0.15) is 11.5 Å². The standard InChI is InChI=1S/C13H15NO/c1-8-6-11(12(14)7-9(8)2)13-5-4-10(3)15-13/h4-7H,14H2,1-3H3. The molecule has 0 saturated carbocycles. The van der Waals surface area contributed by atoms with E-state index in [2.05, 4.69) is 19.9 Å². The molecule has 1 aromatic carbocycles. The SMILES string of the molecule is Cc1ccc(-c2cc(C)c(C)cc2N)o1. The van der Waals surface area contributed by atoms with Gasteiger partial charge < -0.3 is 10.2 Å². The Balaban J connectivity index is 2.58. The maximum Gasteiger partial charge on any atom is 0.136 e. The van der Waals surface area contributed by atoms with Crippen molar-refractivity contribution in [3.8, 4) is 11.3 Å². The van der Waals surface area contributed by atoms with Crippen LogP contribution in [-0.4, -0.2) is 0 Å². The third-order valence-corrected chi connectivity index (χ3v) is 2.67. The van der Waals surface area contributed by atoms with E-state index in [0.717, 1.165) is 22.8 Å². The van der Waals surface area contributed by atoms with Gasteiger partial charge in [-0.15, -0.1) is 0 Å². The largest absolute Gasteiger partial charge is 0.461 e. The summed E-state index contributed by atoms with van der Waals surface area (Å²) in [5, 5.41) is 0. The number of nitrogens with two attached hydrogens (primary N) is 1. The van der Waals surface area contributed by atoms with E-state index < -0.39 is 0 Å². The quantitative estimate of drug-likeness (QED) is 0.718. The minimum absolute atomic E-state index is 0.771. The first-order chi connectivity index (χ1) is 7.08. The van der Waals surface area contributed by atoms with E-state index in [0.29, 0.717) is 0 Å². The monoisotopic (exact) mass is 201 g/mol. The molecule has 0 spiro atoms. The molecular formula is C13H15NO. The second-order valence-electron chi connectivity index (χ2n) is 3.93. The maximum atomic E-state index is 5.97. The Kier molecular flexibility index (Phi) is 2.27. The van der Waals surface area contributed by atoms with E-state index in [1.165, 1.54) is 11.1 Å².